The van der Waals surface area contributed by atoms with Gasteiger partial charge in [0.05, 0.1) is 0 Å². The van der Waals surface area contributed by atoms with Crippen molar-refractivity contribution in [1.29, 1.82) is 0 Å². The van der Waals surface area contributed by atoms with E-state index in [0.717, 1.165) is 47.7 Å². The van der Waals surface area contributed by atoms with Crippen molar-refractivity contribution in [3.8, 4) is 0 Å². The monoisotopic (exact) mass is 444 g/mol. The molecule has 33 heavy (non-hydrogen) atoms. The van der Waals surface area contributed by atoms with Gasteiger partial charge in [0, 0.05) is 59.9 Å². The number of benzene rings is 1. The standard InChI is InChI=1S/C27H32N4O2/c1-5-31(6-2)20-12-10-19(11-13-20)25-24(27(33)30-23-9-7-8-14-28-23)18(4)29-21-15-17(3)16-22(32)26(21)25/h7-14,17,25,29H,5-6,15-16H2,1-4H3,(H,28,30,33)/t17-,25+/m0/s1. The zero-order valence-electron chi connectivity index (χ0n) is 19.8. The molecule has 6 heteroatoms. The molecule has 0 bridgehead atoms. The van der Waals surface area contributed by atoms with Crippen molar-refractivity contribution in [2.75, 3.05) is 23.3 Å². The summed E-state index contributed by atoms with van der Waals surface area (Å²) in [6.45, 7) is 10.1. The van der Waals surface area contributed by atoms with E-state index >= 15 is 0 Å². The Morgan fingerprint density at radius 3 is 2.48 bits per heavy atom. The maximum atomic E-state index is 13.5. The predicted octanol–water partition coefficient (Wildman–Crippen LogP) is 4.78. The number of allylic oxidation sites excluding steroid dienone is 3. The van der Waals surface area contributed by atoms with Crippen molar-refractivity contribution < 1.29 is 9.59 Å². The van der Waals surface area contributed by atoms with E-state index in [1.807, 2.05) is 19.1 Å². The first kappa shape index (κ1) is 22.8. The van der Waals surface area contributed by atoms with Crippen LogP contribution in [0.2, 0.25) is 0 Å². The van der Waals surface area contributed by atoms with Crippen LogP contribution in [0.1, 0.15) is 52.0 Å². The first-order valence-corrected chi connectivity index (χ1v) is 11.7. The molecule has 2 aromatic rings. The highest BCUT2D eigenvalue weighted by molar-refractivity contribution is 6.09. The van der Waals surface area contributed by atoms with Gasteiger partial charge in [-0.3, -0.25) is 9.59 Å². The summed E-state index contributed by atoms with van der Waals surface area (Å²) in [5, 5.41) is 6.31. The molecule has 6 nitrogen and oxygen atoms in total. The van der Waals surface area contributed by atoms with E-state index in [4.69, 9.17) is 0 Å². The largest absolute Gasteiger partial charge is 0.372 e. The third-order valence-electron chi connectivity index (χ3n) is 6.54. The highest BCUT2D eigenvalue weighted by atomic mass is 16.2. The van der Waals surface area contributed by atoms with E-state index in [9.17, 15) is 9.59 Å². The topological polar surface area (TPSA) is 74.3 Å². The van der Waals surface area contributed by atoms with Crippen LogP contribution in [-0.2, 0) is 9.59 Å². The second-order valence-electron chi connectivity index (χ2n) is 8.86. The summed E-state index contributed by atoms with van der Waals surface area (Å²) >= 11 is 0. The van der Waals surface area contributed by atoms with Gasteiger partial charge in [0.2, 0.25) is 0 Å². The molecule has 0 radical (unpaired) electrons. The molecular formula is C27H32N4O2. The lowest BCUT2D eigenvalue weighted by molar-refractivity contribution is -0.117. The number of anilines is 2. The van der Waals surface area contributed by atoms with Crippen molar-refractivity contribution in [3.63, 3.8) is 0 Å². The Kier molecular flexibility index (Phi) is 6.63. The molecule has 1 amide bonds. The van der Waals surface area contributed by atoms with Crippen LogP contribution in [0.25, 0.3) is 0 Å². The summed E-state index contributed by atoms with van der Waals surface area (Å²) in [5.41, 5.74) is 5.10. The summed E-state index contributed by atoms with van der Waals surface area (Å²) in [6, 6.07) is 13.7. The fourth-order valence-electron chi connectivity index (χ4n) is 4.95. The molecule has 1 aromatic carbocycles. The molecule has 1 aliphatic carbocycles. The average Bonchev–Trinajstić information content (AvgIpc) is 2.80. The number of carbonyl (C=O) groups excluding carboxylic acids is 2. The highest BCUT2D eigenvalue weighted by Gasteiger charge is 2.39. The third-order valence-corrected chi connectivity index (χ3v) is 6.54. The number of amides is 1. The van der Waals surface area contributed by atoms with Crippen LogP contribution in [0, 0.1) is 5.92 Å². The summed E-state index contributed by atoms with van der Waals surface area (Å²) in [5.74, 6) is 0.239. The van der Waals surface area contributed by atoms with Crippen molar-refractivity contribution >= 4 is 23.2 Å². The van der Waals surface area contributed by atoms with Gasteiger partial charge in [-0.15, -0.1) is 0 Å². The number of rotatable bonds is 6. The number of nitrogens with one attached hydrogen (secondary N) is 2. The Balaban J connectivity index is 1.77. The molecule has 2 atom stereocenters. The molecule has 1 aromatic heterocycles. The minimum atomic E-state index is -0.407. The average molecular weight is 445 g/mol. The van der Waals surface area contributed by atoms with Crippen molar-refractivity contribution in [1.82, 2.24) is 10.3 Å². The SMILES string of the molecule is CCN(CC)c1ccc([C@@H]2C(C(=O)Nc3ccccn3)=C(C)NC3=C2C(=O)C[C@@H](C)C3)cc1. The van der Waals surface area contributed by atoms with Crippen molar-refractivity contribution in [2.24, 2.45) is 5.92 Å². The number of pyridine rings is 1. The van der Waals surface area contributed by atoms with E-state index in [1.165, 1.54) is 0 Å². The minimum absolute atomic E-state index is 0.115. The zero-order valence-corrected chi connectivity index (χ0v) is 19.8. The second-order valence-corrected chi connectivity index (χ2v) is 8.86. The molecular weight excluding hydrogens is 412 g/mol. The number of nitrogens with zero attached hydrogens (tertiary/aromatic N) is 2. The lowest BCUT2D eigenvalue weighted by Crippen LogP contribution is -2.37. The van der Waals surface area contributed by atoms with Gasteiger partial charge in [-0.1, -0.05) is 25.1 Å². The molecule has 2 N–H and O–H groups in total. The van der Waals surface area contributed by atoms with E-state index in [0.29, 0.717) is 17.8 Å². The Labute approximate surface area is 195 Å². The number of ketones is 1. The molecule has 2 heterocycles. The van der Waals surface area contributed by atoms with Crippen molar-refractivity contribution in [3.05, 3.63) is 76.8 Å². The van der Waals surface area contributed by atoms with Gasteiger partial charge in [0.25, 0.3) is 5.91 Å². The Morgan fingerprint density at radius 1 is 1.12 bits per heavy atom. The van der Waals surface area contributed by atoms with Crippen LogP contribution in [0.4, 0.5) is 11.5 Å². The van der Waals surface area contributed by atoms with Crippen LogP contribution < -0.4 is 15.5 Å². The fraction of sp³-hybridized carbons (Fsp3) is 0.370. The number of dihydropyridines is 1. The number of hydrogen-bond donors (Lipinski definition) is 2. The minimum Gasteiger partial charge on any atom is -0.372 e. The molecule has 0 saturated carbocycles. The summed E-state index contributed by atoms with van der Waals surface area (Å²) in [4.78, 5) is 33.2. The zero-order chi connectivity index (χ0) is 23.5. The van der Waals surface area contributed by atoms with Gasteiger partial charge in [-0.25, -0.2) is 4.98 Å². The number of carbonyl (C=O) groups is 2. The van der Waals surface area contributed by atoms with Crippen LogP contribution in [-0.4, -0.2) is 29.8 Å². The van der Waals surface area contributed by atoms with E-state index in [1.54, 1.807) is 12.3 Å². The first-order valence-electron chi connectivity index (χ1n) is 11.7. The summed E-state index contributed by atoms with van der Waals surface area (Å²) in [7, 11) is 0. The number of aromatic nitrogens is 1. The molecule has 0 unspecified atom stereocenters. The Hall–Kier alpha value is -3.41. The Bertz CT molecular complexity index is 1100. The molecule has 172 valence electrons. The predicted molar refractivity (Wildman–Crippen MR) is 132 cm³/mol. The molecule has 1 aliphatic heterocycles. The van der Waals surface area contributed by atoms with Crippen LogP contribution in [0.5, 0.6) is 0 Å². The number of Topliss-reactive ketones (excluding diaryl/α,β-unsaturated/α-hetero) is 1. The van der Waals surface area contributed by atoms with E-state index < -0.39 is 5.92 Å². The molecule has 0 saturated heterocycles. The maximum absolute atomic E-state index is 13.5. The van der Waals surface area contributed by atoms with Crippen LogP contribution >= 0.6 is 0 Å². The van der Waals surface area contributed by atoms with Gasteiger partial charge in [0.15, 0.2) is 5.78 Å². The molecule has 4 rings (SSSR count). The maximum Gasteiger partial charge on any atom is 0.255 e. The second kappa shape index (κ2) is 9.61. The summed E-state index contributed by atoms with van der Waals surface area (Å²) < 4.78 is 0. The molecule has 2 aliphatic rings. The fourth-order valence-corrected chi connectivity index (χ4v) is 4.95. The van der Waals surface area contributed by atoms with E-state index in [2.05, 4.69) is 65.6 Å². The van der Waals surface area contributed by atoms with E-state index in [-0.39, 0.29) is 17.6 Å². The number of hydrogen-bond acceptors (Lipinski definition) is 5. The normalized spacial score (nSPS) is 20.3. The molecule has 0 fully saturated rings. The lowest BCUT2D eigenvalue weighted by atomic mass is 9.73. The Morgan fingerprint density at radius 2 is 1.85 bits per heavy atom. The quantitative estimate of drug-likeness (QED) is 0.671. The molecule has 0 spiro atoms. The summed E-state index contributed by atoms with van der Waals surface area (Å²) in [6.07, 6.45) is 2.95. The highest BCUT2D eigenvalue weighted by Crippen LogP contribution is 2.43. The van der Waals surface area contributed by atoms with Gasteiger partial charge in [-0.05, 0) is 62.9 Å². The van der Waals surface area contributed by atoms with Crippen LogP contribution in [0.3, 0.4) is 0 Å². The lowest BCUT2D eigenvalue weighted by Gasteiger charge is -2.36. The smallest absolute Gasteiger partial charge is 0.255 e. The van der Waals surface area contributed by atoms with Gasteiger partial charge in [-0.2, -0.15) is 0 Å². The first-order chi connectivity index (χ1) is 15.9. The van der Waals surface area contributed by atoms with Crippen LogP contribution in [0.15, 0.2) is 71.2 Å². The van der Waals surface area contributed by atoms with Gasteiger partial charge >= 0.3 is 0 Å². The van der Waals surface area contributed by atoms with Crippen molar-refractivity contribution in [2.45, 2.75) is 46.5 Å². The van der Waals surface area contributed by atoms with Gasteiger partial charge in [0.1, 0.15) is 5.82 Å². The van der Waals surface area contributed by atoms with Gasteiger partial charge < -0.3 is 15.5 Å². The third kappa shape index (κ3) is 4.56.